The Labute approximate surface area is 155 Å². The summed E-state index contributed by atoms with van der Waals surface area (Å²) >= 11 is 0. The van der Waals surface area contributed by atoms with E-state index in [2.05, 4.69) is 20.6 Å². The fraction of sp³-hybridized carbons (Fsp3) is 0.111. The van der Waals surface area contributed by atoms with Gasteiger partial charge in [-0.25, -0.2) is 9.50 Å². The van der Waals surface area contributed by atoms with E-state index in [1.165, 1.54) is 6.07 Å². The van der Waals surface area contributed by atoms with Crippen LogP contribution in [0.25, 0.3) is 16.9 Å². The Morgan fingerprint density at radius 2 is 1.93 bits per heavy atom. The third kappa shape index (κ3) is 3.20. The van der Waals surface area contributed by atoms with Gasteiger partial charge in [-0.3, -0.25) is 4.79 Å². The van der Waals surface area contributed by atoms with E-state index in [1.807, 2.05) is 0 Å². The molecular formula is C18H12F3N5O2. The number of hydrogen-bond donors (Lipinski definition) is 1. The van der Waals surface area contributed by atoms with Gasteiger partial charge < -0.3 is 9.84 Å². The molecule has 0 aliphatic carbocycles. The lowest BCUT2D eigenvalue weighted by Crippen LogP contribution is -2.16. The number of halogens is 3. The molecule has 0 aliphatic heterocycles. The van der Waals surface area contributed by atoms with Gasteiger partial charge in [0.15, 0.2) is 17.2 Å². The first-order valence-electron chi connectivity index (χ1n) is 8.09. The molecule has 7 nitrogen and oxygen atoms in total. The van der Waals surface area contributed by atoms with E-state index in [1.54, 1.807) is 37.3 Å². The summed E-state index contributed by atoms with van der Waals surface area (Å²) in [5.41, 5.74) is -0.814. The van der Waals surface area contributed by atoms with Crippen LogP contribution >= 0.6 is 0 Å². The van der Waals surface area contributed by atoms with Gasteiger partial charge in [0, 0.05) is 11.6 Å². The SMILES string of the molecule is Cc1cc(NC(=O)c2cnn3c(C(F)(F)F)cc(-c4ccccc4)nc23)no1. The zero-order chi connectivity index (χ0) is 19.9. The van der Waals surface area contributed by atoms with E-state index < -0.39 is 17.8 Å². The molecule has 0 atom stereocenters. The molecular weight excluding hydrogens is 375 g/mol. The first-order chi connectivity index (χ1) is 13.3. The molecule has 3 heterocycles. The van der Waals surface area contributed by atoms with E-state index >= 15 is 0 Å². The maximum atomic E-state index is 13.6. The van der Waals surface area contributed by atoms with E-state index in [0.29, 0.717) is 15.8 Å². The number of fused-ring (bicyclic) bond motifs is 1. The van der Waals surface area contributed by atoms with Crippen LogP contribution in [0.4, 0.5) is 19.0 Å². The maximum absolute atomic E-state index is 13.6. The largest absolute Gasteiger partial charge is 0.433 e. The number of hydrogen-bond acceptors (Lipinski definition) is 5. The lowest BCUT2D eigenvalue weighted by molar-refractivity contribution is -0.142. The first-order valence-corrected chi connectivity index (χ1v) is 8.09. The fourth-order valence-electron chi connectivity index (χ4n) is 2.69. The fourth-order valence-corrected chi connectivity index (χ4v) is 2.69. The summed E-state index contributed by atoms with van der Waals surface area (Å²) in [4.78, 5) is 16.8. The van der Waals surface area contributed by atoms with Gasteiger partial charge >= 0.3 is 6.18 Å². The molecule has 0 saturated heterocycles. The van der Waals surface area contributed by atoms with Crippen LogP contribution in [0, 0.1) is 6.92 Å². The van der Waals surface area contributed by atoms with Crippen molar-refractivity contribution in [1.82, 2.24) is 19.8 Å². The van der Waals surface area contributed by atoms with Crippen molar-refractivity contribution in [3.63, 3.8) is 0 Å². The van der Waals surface area contributed by atoms with Crippen LogP contribution in [0.5, 0.6) is 0 Å². The molecule has 0 radical (unpaired) electrons. The number of carbonyl (C=O) groups is 1. The minimum absolute atomic E-state index is 0.0762. The number of amides is 1. The number of nitrogens with zero attached hydrogens (tertiary/aromatic N) is 4. The number of alkyl halides is 3. The Morgan fingerprint density at radius 3 is 2.57 bits per heavy atom. The molecule has 0 fully saturated rings. The molecule has 10 heteroatoms. The number of nitrogens with one attached hydrogen (secondary N) is 1. The quantitative estimate of drug-likeness (QED) is 0.575. The Kier molecular flexibility index (Phi) is 4.10. The van der Waals surface area contributed by atoms with Gasteiger partial charge in [0.2, 0.25) is 0 Å². The van der Waals surface area contributed by atoms with Crippen molar-refractivity contribution < 1.29 is 22.5 Å². The molecule has 142 valence electrons. The highest BCUT2D eigenvalue weighted by atomic mass is 19.4. The van der Waals surface area contributed by atoms with Crippen molar-refractivity contribution in [3.8, 4) is 11.3 Å². The van der Waals surface area contributed by atoms with E-state index in [-0.39, 0.29) is 22.7 Å². The van der Waals surface area contributed by atoms with Crippen LogP contribution in [0.3, 0.4) is 0 Å². The highest BCUT2D eigenvalue weighted by molar-refractivity contribution is 6.07. The normalized spacial score (nSPS) is 11.7. The first kappa shape index (κ1) is 17.7. The molecule has 0 unspecified atom stereocenters. The van der Waals surface area contributed by atoms with Crippen molar-refractivity contribution in [2.45, 2.75) is 13.1 Å². The average Bonchev–Trinajstić information content (AvgIpc) is 3.26. The second-order valence-corrected chi connectivity index (χ2v) is 5.96. The Bertz CT molecular complexity index is 1170. The molecule has 3 aromatic heterocycles. The van der Waals surface area contributed by atoms with Crippen LogP contribution in [0.15, 0.2) is 53.2 Å². The van der Waals surface area contributed by atoms with Crippen molar-refractivity contribution in [2.24, 2.45) is 0 Å². The highest BCUT2D eigenvalue weighted by Gasteiger charge is 2.36. The second kappa shape index (κ2) is 6.48. The zero-order valence-electron chi connectivity index (χ0n) is 14.4. The van der Waals surface area contributed by atoms with Crippen LogP contribution in [-0.2, 0) is 6.18 Å². The lowest BCUT2D eigenvalue weighted by atomic mass is 10.1. The van der Waals surface area contributed by atoms with Crippen LogP contribution in [0.2, 0.25) is 0 Å². The van der Waals surface area contributed by atoms with E-state index in [9.17, 15) is 18.0 Å². The third-order valence-electron chi connectivity index (χ3n) is 3.95. The second-order valence-electron chi connectivity index (χ2n) is 5.96. The smallest absolute Gasteiger partial charge is 0.360 e. The predicted molar refractivity (Wildman–Crippen MR) is 92.6 cm³/mol. The molecule has 1 amide bonds. The predicted octanol–water partition coefficient (Wildman–Crippen LogP) is 3.96. The Hall–Kier alpha value is -3.69. The average molecular weight is 387 g/mol. The number of aromatic nitrogens is 4. The number of carbonyl (C=O) groups excluding carboxylic acids is 1. The monoisotopic (exact) mass is 387 g/mol. The molecule has 4 rings (SSSR count). The van der Waals surface area contributed by atoms with Crippen LogP contribution < -0.4 is 5.32 Å². The topological polar surface area (TPSA) is 85.3 Å². The van der Waals surface area contributed by atoms with Crippen LogP contribution in [-0.4, -0.2) is 25.7 Å². The number of aryl methyl sites for hydroxylation is 1. The number of anilines is 1. The molecule has 1 aromatic carbocycles. The highest BCUT2D eigenvalue weighted by Crippen LogP contribution is 2.32. The zero-order valence-corrected chi connectivity index (χ0v) is 14.4. The summed E-state index contributed by atoms with van der Waals surface area (Å²) in [5, 5.41) is 9.81. The number of benzene rings is 1. The summed E-state index contributed by atoms with van der Waals surface area (Å²) in [6.07, 6.45) is -3.65. The summed E-state index contributed by atoms with van der Waals surface area (Å²) < 4.78 is 46.2. The summed E-state index contributed by atoms with van der Waals surface area (Å²) in [5.74, 6) is -0.0924. The third-order valence-corrected chi connectivity index (χ3v) is 3.95. The minimum Gasteiger partial charge on any atom is -0.360 e. The Morgan fingerprint density at radius 1 is 1.18 bits per heavy atom. The van der Waals surface area contributed by atoms with Gasteiger partial charge in [0.1, 0.15) is 11.3 Å². The van der Waals surface area contributed by atoms with Gasteiger partial charge in [-0.15, -0.1) is 0 Å². The molecule has 0 saturated carbocycles. The molecule has 4 aromatic rings. The summed E-state index contributed by atoms with van der Waals surface area (Å²) in [7, 11) is 0. The Balaban J connectivity index is 1.85. The van der Waals surface area contributed by atoms with E-state index in [4.69, 9.17) is 4.52 Å². The standard InChI is InChI=1S/C18H12F3N5O2/c1-10-7-15(25-28-10)24-17(27)12-9-22-26-14(18(19,20)21)8-13(23-16(12)26)11-5-3-2-4-6-11/h2-9H,1H3,(H,24,25,27). The van der Waals surface area contributed by atoms with Crippen molar-refractivity contribution in [3.05, 3.63) is 65.7 Å². The lowest BCUT2D eigenvalue weighted by Gasteiger charge is -2.11. The van der Waals surface area contributed by atoms with Crippen molar-refractivity contribution >= 4 is 17.4 Å². The van der Waals surface area contributed by atoms with Gasteiger partial charge in [-0.2, -0.15) is 18.3 Å². The maximum Gasteiger partial charge on any atom is 0.433 e. The minimum atomic E-state index is -4.69. The number of rotatable bonds is 3. The molecule has 0 spiro atoms. The molecule has 0 aliphatic rings. The van der Waals surface area contributed by atoms with Gasteiger partial charge in [-0.05, 0) is 13.0 Å². The van der Waals surface area contributed by atoms with Gasteiger partial charge in [0.25, 0.3) is 5.91 Å². The molecule has 1 N–H and O–H groups in total. The molecule has 0 bridgehead atoms. The van der Waals surface area contributed by atoms with Crippen LogP contribution in [0.1, 0.15) is 21.8 Å². The van der Waals surface area contributed by atoms with Crippen molar-refractivity contribution in [1.29, 1.82) is 0 Å². The molecule has 28 heavy (non-hydrogen) atoms. The van der Waals surface area contributed by atoms with Gasteiger partial charge in [-0.1, -0.05) is 35.5 Å². The van der Waals surface area contributed by atoms with Crippen molar-refractivity contribution in [2.75, 3.05) is 5.32 Å². The van der Waals surface area contributed by atoms with Gasteiger partial charge in [0.05, 0.1) is 11.9 Å². The summed E-state index contributed by atoms with van der Waals surface area (Å²) in [6, 6.07) is 10.8. The van der Waals surface area contributed by atoms with E-state index in [0.717, 1.165) is 12.3 Å². The summed E-state index contributed by atoms with van der Waals surface area (Å²) in [6.45, 7) is 1.64.